The van der Waals surface area contributed by atoms with E-state index in [1.54, 1.807) is 16.2 Å². The van der Waals surface area contributed by atoms with Gasteiger partial charge in [0.1, 0.15) is 0 Å². The topological polar surface area (TPSA) is 57.6 Å². The van der Waals surface area contributed by atoms with Crippen molar-refractivity contribution in [3.8, 4) is 0 Å². The van der Waals surface area contributed by atoms with E-state index in [-0.39, 0.29) is 18.2 Å². The first-order valence-electron chi connectivity index (χ1n) is 7.78. The molecule has 120 valence electrons. The van der Waals surface area contributed by atoms with E-state index >= 15 is 0 Å². The first kappa shape index (κ1) is 15.7. The van der Waals surface area contributed by atoms with Gasteiger partial charge in [-0.1, -0.05) is 24.3 Å². The minimum Gasteiger partial charge on any atom is -0.481 e. The van der Waals surface area contributed by atoms with Crippen molar-refractivity contribution in [2.45, 2.75) is 31.6 Å². The van der Waals surface area contributed by atoms with Crippen LogP contribution in [0.15, 0.2) is 41.8 Å². The van der Waals surface area contributed by atoms with E-state index in [1.165, 1.54) is 4.88 Å². The van der Waals surface area contributed by atoms with Crippen LogP contribution in [0.3, 0.4) is 0 Å². The number of rotatable bonds is 6. The highest BCUT2D eigenvalue weighted by Gasteiger charge is 2.32. The summed E-state index contributed by atoms with van der Waals surface area (Å²) in [5.41, 5.74) is 1.85. The second kappa shape index (κ2) is 6.96. The number of carbonyl (C=O) groups excluding carboxylic acids is 1. The lowest BCUT2D eigenvalue weighted by Crippen LogP contribution is -2.30. The number of benzene rings is 1. The van der Waals surface area contributed by atoms with Gasteiger partial charge in [0, 0.05) is 29.4 Å². The molecule has 1 aliphatic heterocycles. The van der Waals surface area contributed by atoms with Crippen LogP contribution in [0.5, 0.6) is 0 Å². The molecule has 0 radical (unpaired) electrons. The van der Waals surface area contributed by atoms with Crippen molar-refractivity contribution in [3.63, 3.8) is 0 Å². The molecule has 23 heavy (non-hydrogen) atoms. The van der Waals surface area contributed by atoms with Crippen LogP contribution in [0.1, 0.15) is 35.6 Å². The van der Waals surface area contributed by atoms with E-state index in [2.05, 4.69) is 6.07 Å². The Kier molecular flexibility index (Phi) is 4.76. The Morgan fingerprint density at radius 3 is 2.78 bits per heavy atom. The molecule has 1 aliphatic rings. The molecule has 1 aromatic heterocycles. The van der Waals surface area contributed by atoms with Crippen molar-refractivity contribution in [2.24, 2.45) is 0 Å². The van der Waals surface area contributed by atoms with Crippen molar-refractivity contribution in [2.75, 3.05) is 11.4 Å². The summed E-state index contributed by atoms with van der Waals surface area (Å²) in [4.78, 5) is 26.6. The number of fused-ring (bicyclic) bond motifs is 1. The number of anilines is 1. The minimum atomic E-state index is -0.822. The monoisotopic (exact) mass is 329 g/mol. The molecule has 3 rings (SSSR count). The zero-order valence-electron chi connectivity index (χ0n) is 12.8. The third-order valence-corrected chi connectivity index (χ3v) is 5.12. The van der Waals surface area contributed by atoms with Gasteiger partial charge in [-0.05, 0) is 35.9 Å². The molecule has 1 aromatic carbocycles. The van der Waals surface area contributed by atoms with E-state index in [9.17, 15) is 9.59 Å². The molecule has 5 heteroatoms. The molecule has 1 unspecified atom stereocenters. The highest BCUT2D eigenvalue weighted by molar-refractivity contribution is 7.09. The standard InChI is InChI=1S/C18H19NO3S/c20-17(9-3-5-14-6-4-10-23-14)19-12-13(11-18(21)22)15-7-1-2-8-16(15)19/h1-2,4,6-8,10,13H,3,5,9,11-12H2,(H,21,22). The molecule has 0 saturated heterocycles. The summed E-state index contributed by atoms with van der Waals surface area (Å²) in [6.07, 6.45) is 2.29. The van der Waals surface area contributed by atoms with Crippen LogP contribution >= 0.6 is 11.3 Å². The van der Waals surface area contributed by atoms with Crippen molar-refractivity contribution >= 4 is 28.9 Å². The van der Waals surface area contributed by atoms with Crippen LogP contribution in [0, 0.1) is 0 Å². The average Bonchev–Trinajstić information content (AvgIpc) is 3.15. The van der Waals surface area contributed by atoms with Gasteiger partial charge in [0.15, 0.2) is 0 Å². The molecule has 1 N–H and O–H groups in total. The summed E-state index contributed by atoms with van der Waals surface area (Å²) in [5.74, 6) is -0.844. The predicted molar refractivity (Wildman–Crippen MR) is 91.0 cm³/mol. The van der Waals surface area contributed by atoms with Gasteiger partial charge in [0.25, 0.3) is 0 Å². The molecule has 2 heterocycles. The highest BCUT2D eigenvalue weighted by atomic mass is 32.1. The van der Waals surface area contributed by atoms with Crippen LogP contribution in [0.4, 0.5) is 5.69 Å². The first-order valence-corrected chi connectivity index (χ1v) is 8.66. The Labute approximate surface area is 139 Å². The number of hydrogen-bond acceptors (Lipinski definition) is 3. The maximum Gasteiger partial charge on any atom is 0.304 e. The lowest BCUT2D eigenvalue weighted by molar-refractivity contribution is -0.137. The van der Waals surface area contributed by atoms with Gasteiger partial charge in [0.2, 0.25) is 5.91 Å². The second-order valence-electron chi connectivity index (χ2n) is 5.79. The molecular formula is C18H19NO3S. The maximum atomic E-state index is 12.5. The number of hydrogen-bond donors (Lipinski definition) is 1. The van der Waals surface area contributed by atoms with Crippen LogP contribution in [-0.2, 0) is 16.0 Å². The average molecular weight is 329 g/mol. The number of carboxylic acid groups (broad SMARTS) is 1. The first-order chi connectivity index (χ1) is 11.1. The predicted octanol–water partition coefficient (Wildman–Crippen LogP) is 3.68. The fraction of sp³-hybridized carbons (Fsp3) is 0.333. The van der Waals surface area contributed by atoms with Crippen molar-refractivity contribution in [1.82, 2.24) is 0 Å². The summed E-state index contributed by atoms with van der Waals surface area (Å²) >= 11 is 1.71. The van der Waals surface area contributed by atoms with Gasteiger partial charge in [-0.25, -0.2) is 0 Å². The second-order valence-corrected chi connectivity index (χ2v) is 6.82. The van der Waals surface area contributed by atoms with Crippen molar-refractivity contribution in [3.05, 3.63) is 52.2 Å². The number of thiophene rings is 1. The highest BCUT2D eigenvalue weighted by Crippen LogP contribution is 2.38. The van der Waals surface area contributed by atoms with E-state index in [0.717, 1.165) is 24.1 Å². The molecule has 1 atom stereocenters. The maximum absolute atomic E-state index is 12.5. The van der Waals surface area contributed by atoms with E-state index in [0.29, 0.717) is 13.0 Å². The molecule has 0 saturated carbocycles. The zero-order valence-corrected chi connectivity index (χ0v) is 13.6. The fourth-order valence-electron chi connectivity index (χ4n) is 3.12. The summed E-state index contributed by atoms with van der Waals surface area (Å²) in [6.45, 7) is 0.476. The summed E-state index contributed by atoms with van der Waals surface area (Å²) in [7, 11) is 0. The lowest BCUT2D eigenvalue weighted by atomic mass is 9.98. The third-order valence-electron chi connectivity index (χ3n) is 4.19. The fourth-order valence-corrected chi connectivity index (χ4v) is 3.87. The third kappa shape index (κ3) is 3.62. The number of nitrogens with zero attached hydrogens (tertiary/aromatic N) is 1. The molecule has 0 spiro atoms. The zero-order chi connectivity index (χ0) is 16.2. The number of amides is 1. The number of carboxylic acids is 1. The molecule has 2 aromatic rings. The van der Waals surface area contributed by atoms with Crippen molar-refractivity contribution < 1.29 is 14.7 Å². The Morgan fingerprint density at radius 2 is 2.04 bits per heavy atom. The smallest absolute Gasteiger partial charge is 0.304 e. The number of aryl methyl sites for hydroxylation is 1. The normalized spacial score (nSPS) is 16.3. The van der Waals surface area contributed by atoms with Gasteiger partial charge in [0.05, 0.1) is 6.42 Å². The van der Waals surface area contributed by atoms with Gasteiger partial charge in [-0.15, -0.1) is 11.3 Å². The summed E-state index contributed by atoms with van der Waals surface area (Å²) in [5, 5.41) is 11.1. The van der Waals surface area contributed by atoms with Gasteiger partial charge < -0.3 is 10.0 Å². The number of carbonyl (C=O) groups is 2. The molecule has 0 bridgehead atoms. The van der Waals surface area contributed by atoms with Gasteiger partial charge >= 0.3 is 5.97 Å². The SMILES string of the molecule is O=C(O)CC1CN(C(=O)CCCc2cccs2)c2ccccc21. The lowest BCUT2D eigenvalue weighted by Gasteiger charge is -2.17. The Morgan fingerprint density at radius 1 is 1.22 bits per heavy atom. The molecule has 1 amide bonds. The number of para-hydroxylation sites is 1. The van der Waals surface area contributed by atoms with Crippen molar-refractivity contribution in [1.29, 1.82) is 0 Å². The number of aliphatic carboxylic acids is 1. The Bertz CT molecular complexity index is 696. The summed E-state index contributed by atoms with van der Waals surface area (Å²) in [6, 6.07) is 11.8. The largest absolute Gasteiger partial charge is 0.481 e. The van der Waals surface area contributed by atoms with E-state index in [1.807, 2.05) is 35.7 Å². The van der Waals surface area contributed by atoms with E-state index < -0.39 is 5.97 Å². The molecule has 0 aliphatic carbocycles. The molecular weight excluding hydrogens is 310 g/mol. The summed E-state index contributed by atoms with van der Waals surface area (Å²) < 4.78 is 0. The Balaban J connectivity index is 1.65. The van der Waals surface area contributed by atoms with Crippen LogP contribution in [0.25, 0.3) is 0 Å². The van der Waals surface area contributed by atoms with E-state index in [4.69, 9.17) is 5.11 Å². The Hall–Kier alpha value is -2.14. The quantitative estimate of drug-likeness (QED) is 0.879. The van der Waals surface area contributed by atoms with Gasteiger partial charge in [-0.3, -0.25) is 9.59 Å². The van der Waals surface area contributed by atoms with Crippen LogP contribution < -0.4 is 4.90 Å². The molecule has 0 fully saturated rings. The molecule has 4 nitrogen and oxygen atoms in total. The van der Waals surface area contributed by atoms with Crippen LogP contribution in [-0.4, -0.2) is 23.5 Å². The van der Waals surface area contributed by atoms with Crippen LogP contribution in [0.2, 0.25) is 0 Å². The van der Waals surface area contributed by atoms with Gasteiger partial charge in [-0.2, -0.15) is 0 Å². The minimum absolute atomic E-state index is 0.0655.